The third kappa shape index (κ3) is 2.69. The molecule has 0 atom stereocenters. The Bertz CT molecular complexity index is 195. The van der Waals surface area contributed by atoms with Gasteiger partial charge < -0.3 is 11.1 Å². The van der Waals surface area contributed by atoms with Crippen molar-refractivity contribution in [2.45, 2.75) is 39.2 Å². The maximum absolute atomic E-state index is 11.6. The lowest BCUT2D eigenvalue weighted by Crippen LogP contribution is -2.52. The minimum absolute atomic E-state index is 0.175. The zero-order valence-corrected chi connectivity index (χ0v) is 8.76. The first-order chi connectivity index (χ1) is 5.94. The summed E-state index contributed by atoms with van der Waals surface area (Å²) in [6.45, 7) is 6.57. The zero-order valence-electron chi connectivity index (χ0n) is 8.76. The molecule has 3 heteroatoms. The first kappa shape index (κ1) is 10.5. The van der Waals surface area contributed by atoms with E-state index in [4.69, 9.17) is 5.73 Å². The number of carbonyl (C=O) groups is 1. The molecule has 1 amide bonds. The molecule has 0 aromatic rings. The van der Waals surface area contributed by atoms with Crippen LogP contribution in [0.3, 0.4) is 0 Å². The zero-order chi connectivity index (χ0) is 10.1. The molecule has 0 saturated heterocycles. The van der Waals surface area contributed by atoms with Gasteiger partial charge in [-0.3, -0.25) is 4.79 Å². The second-order valence-corrected chi connectivity index (χ2v) is 4.85. The first-order valence-corrected chi connectivity index (χ1v) is 4.96. The van der Waals surface area contributed by atoms with Crippen LogP contribution in [0, 0.1) is 11.8 Å². The highest BCUT2D eigenvalue weighted by Gasteiger charge is 2.33. The van der Waals surface area contributed by atoms with Gasteiger partial charge in [0.05, 0.1) is 0 Å². The van der Waals surface area contributed by atoms with E-state index >= 15 is 0 Å². The van der Waals surface area contributed by atoms with Crippen molar-refractivity contribution >= 4 is 5.91 Å². The normalized spacial score (nSPS) is 28.0. The summed E-state index contributed by atoms with van der Waals surface area (Å²) in [5, 5.41) is 2.96. The van der Waals surface area contributed by atoms with Crippen molar-refractivity contribution in [1.29, 1.82) is 0 Å². The molecule has 1 saturated carbocycles. The van der Waals surface area contributed by atoms with E-state index < -0.39 is 0 Å². The minimum atomic E-state index is -0.254. The van der Waals surface area contributed by atoms with Gasteiger partial charge in [-0.1, -0.05) is 6.92 Å². The molecule has 0 aromatic carbocycles. The SMILES string of the molecule is CC1CC(C(=O)NC(C)(C)CN)C1. The maximum atomic E-state index is 11.6. The van der Waals surface area contributed by atoms with Crippen LogP contribution in [0.25, 0.3) is 0 Å². The second-order valence-electron chi connectivity index (χ2n) is 4.85. The molecule has 0 heterocycles. The molecule has 0 radical (unpaired) electrons. The summed E-state index contributed by atoms with van der Waals surface area (Å²) in [6.07, 6.45) is 2.07. The molecule has 1 rings (SSSR count). The van der Waals surface area contributed by atoms with Crippen LogP contribution in [-0.4, -0.2) is 18.0 Å². The van der Waals surface area contributed by atoms with E-state index in [1.54, 1.807) is 0 Å². The molecule has 76 valence electrons. The van der Waals surface area contributed by atoms with Gasteiger partial charge in [-0.25, -0.2) is 0 Å². The fourth-order valence-corrected chi connectivity index (χ4v) is 1.60. The molecule has 0 aliphatic heterocycles. The van der Waals surface area contributed by atoms with E-state index in [0.717, 1.165) is 18.8 Å². The Kier molecular flexibility index (Phi) is 2.96. The number of nitrogens with two attached hydrogens (primary N) is 1. The van der Waals surface area contributed by atoms with Crippen LogP contribution in [0.1, 0.15) is 33.6 Å². The summed E-state index contributed by atoms with van der Waals surface area (Å²) in [4.78, 5) is 11.6. The monoisotopic (exact) mass is 184 g/mol. The lowest BCUT2D eigenvalue weighted by Gasteiger charge is -2.34. The Labute approximate surface area is 80.1 Å². The Morgan fingerprint density at radius 2 is 2.08 bits per heavy atom. The van der Waals surface area contributed by atoms with Gasteiger partial charge in [0.15, 0.2) is 0 Å². The third-order valence-corrected chi connectivity index (χ3v) is 2.72. The van der Waals surface area contributed by atoms with E-state index in [0.29, 0.717) is 6.54 Å². The van der Waals surface area contributed by atoms with Gasteiger partial charge in [-0.2, -0.15) is 0 Å². The Morgan fingerprint density at radius 3 is 2.46 bits per heavy atom. The summed E-state index contributed by atoms with van der Waals surface area (Å²) in [5.74, 6) is 1.13. The van der Waals surface area contributed by atoms with Gasteiger partial charge in [-0.15, -0.1) is 0 Å². The van der Waals surface area contributed by atoms with Crippen molar-refractivity contribution in [3.63, 3.8) is 0 Å². The lowest BCUT2D eigenvalue weighted by molar-refractivity contribution is -0.130. The summed E-state index contributed by atoms with van der Waals surface area (Å²) >= 11 is 0. The lowest BCUT2D eigenvalue weighted by atomic mass is 9.75. The molecule has 0 aromatic heterocycles. The average molecular weight is 184 g/mol. The van der Waals surface area contributed by atoms with Crippen molar-refractivity contribution in [2.24, 2.45) is 17.6 Å². The molecule has 1 fully saturated rings. The molecule has 1 aliphatic rings. The standard InChI is InChI=1S/C10H20N2O/c1-7-4-8(5-7)9(13)12-10(2,3)6-11/h7-8H,4-6,11H2,1-3H3,(H,12,13). The molecular weight excluding hydrogens is 164 g/mol. The summed E-state index contributed by atoms with van der Waals surface area (Å²) < 4.78 is 0. The molecule has 0 spiro atoms. The number of nitrogens with one attached hydrogen (secondary N) is 1. The number of carbonyl (C=O) groups excluding carboxylic acids is 1. The van der Waals surface area contributed by atoms with Gasteiger partial charge >= 0.3 is 0 Å². The maximum Gasteiger partial charge on any atom is 0.223 e. The average Bonchev–Trinajstić information content (AvgIpc) is 1.98. The van der Waals surface area contributed by atoms with Gasteiger partial charge in [0.1, 0.15) is 0 Å². The minimum Gasteiger partial charge on any atom is -0.350 e. The molecule has 1 aliphatic carbocycles. The van der Waals surface area contributed by atoms with E-state index in [1.807, 2.05) is 13.8 Å². The van der Waals surface area contributed by atoms with Crippen LogP contribution in [0.5, 0.6) is 0 Å². The van der Waals surface area contributed by atoms with Crippen molar-refractivity contribution in [3.8, 4) is 0 Å². The number of hydrogen-bond donors (Lipinski definition) is 2. The molecular formula is C10H20N2O. The summed E-state index contributed by atoms with van der Waals surface area (Å²) in [5.41, 5.74) is 5.27. The molecule has 0 bridgehead atoms. The predicted octanol–water partition coefficient (Wildman–Crippen LogP) is 0.886. The molecule has 3 nitrogen and oxygen atoms in total. The molecule has 3 N–H and O–H groups in total. The smallest absolute Gasteiger partial charge is 0.223 e. The Balaban J connectivity index is 2.33. The molecule has 0 unspecified atom stereocenters. The van der Waals surface area contributed by atoms with Crippen molar-refractivity contribution in [1.82, 2.24) is 5.32 Å². The number of amides is 1. The highest BCUT2D eigenvalue weighted by atomic mass is 16.2. The van der Waals surface area contributed by atoms with Crippen LogP contribution < -0.4 is 11.1 Å². The van der Waals surface area contributed by atoms with Crippen molar-refractivity contribution in [2.75, 3.05) is 6.54 Å². The van der Waals surface area contributed by atoms with E-state index in [-0.39, 0.29) is 17.4 Å². The van der Waals surface area contributed by atoms with Crippen LogP contribution >= 0.6 is 0 Å². The van der Waals surface area contributed by atoms with Crippen LogP contribution in [0.15, 0.2) is 0 Å². The Morgan fingerprint density at radius 1 is 1.54 bits per heavy atom. The summed E-state index contributed by atoms with van der Waals surface area (Å²) in [7, 11) is 0. The van der Waals surface area contributed by atoms with Crippen LogP contribution in [0.2, 0.25) is 0 Å². The van der Waals surface area contributed by atoms with Crippen molar-refractivity contribution < 1.29 is 4.79 Å². The highest BCUT2D eigenvalue weighted by Crippen LogP contribution is 2.33. The van der Waals surface area contributed by atoms with Gasteiger partial charge in [0.2, 0.25) is 5.91 Å². The summed E-state index contributed by atoms with van der Waals surface area (Å²) in [6, 6.07) is 0. The van der Waals surface area contributed by atoms with Gasteiger partial charge in [0, 0.05) is 18.0 Å². The fraction of sp³-hybridized carbons (Fsp3) is 0.900. The topological polar surface area (TPSA) is 55.1 Å². The van der Waals surface area contributed by atoms with Gasteiger partial charge in [0.25, 0.3) is 0 Å². The Hall–Kier alpha value is -0.570. The van der Waals surface area contributed by atoms with Crippen LogP contribution in [0.4, 0.5) is 0 Å². The quantitative estimate of drug-likeness (QED) is 0.684. The van der Waals surface area contributed by atoms with E-state index in [9.17, 15) is 4.79 Å². The predicted molar refractivity (Wildman–Crippen MR) is 53.2 cm³/mol. The second kappa shape index (κ2) is 3.66. The highest BCUT2D eigenvalue weighted by molar-refractivity contribution is 5.80. The number of hydrogen-bond acceptors (Lipinski definition) is 2. The van der Waals surface area contributed by atoms with E-state index in [2.05, 4.69) is 12.2 Å². The van der Waals surface area contributed by atoms with E-state index in [1.165, 1.54) is 0 Å². The van der Waals surface area contributed by atoms with Crippen LogP contribution in [-0.2, 0) is 4.79 Å². The fourth-order valence-electron chi connectivity index (χ4n) is 1.60. The largest absolute Gasteiger partial charge is 0.350 e. The van der Waals surface area contributed by atoms with Crippen molar-refractivity contribution in [3.05, 3.63) is 0 Å². The first-order valence-electron chi connectivity index (χ1n) is 4.96. The number of rotatable bonds is 3. The molecule has 13 heavy (non-hydrogen) atoms. The van der Waals surface area contributed by atoms with Gasteiger partial charge in [-0.05, 0) is 32.6 Å². The third-order valence-electron chi connectivity index (χ3n) is 2.72.